The van der Waals surface area contributed by atoms with Crippen molar-refractivity contribution in [2.45, 2.75) is 46.1 Å². The SMILES string of the molecule is CCC(C)c1ccc(C(N)C(C)(C)C#N)cc1. The third kappa shape index (κ3) is 3.08. The summed E-state index contributed by atoms with van der Waals surface area (Å²) in [7, 11) is 0. The number of rotatable bonds is 4. The molecule has 1 aromatic carbocycles. The minimum absolute atomic E-state index is 0.238. The Balaban J connectivity index is 2.92. The van der Waals surface area contributed by atoms with Gasteiger partial charge in [0.25, 0.3) is 0 Å². The highest BCUT2D eigenvalue weighted by Gasteiger charge is 2.27. The van der Waals surface area contributed by atoms with E-state index in [0.29, 0.717) is 5.92 Å². The third-order valence-corrected chi connectivity index (χ3v) is 3.54. The van der Waals surface area contributed by atoms with Crippen LogP contribution in [-0.2, 0) is 0 Å². The third-order valence-electron chi connectivity index (χ3n) is 3.54. The summed E-state index contributed by atoms with van der Waals surface area (Å²) in [4.78, 5) is 0. The van der Waals surface area contributed by atoms with E-state index in [1.54, 1.807) is 0 Å². The summed E-state index contributed by atoms with van der Waals surface area (Å²) in [5.41, 5.74) is 7.95. The lowest BCUT2D eigenvalue weighted by Gasteiger charge is -2.24. The first kappa shape index (κ1) is 13.7. The second-order valence-corrected chi connectivity index (χ2v) is 5.29. The van der Waals surface area contributed by atoms with E-state index in [1.807, 2.05) is 26.0 Å². The van der Waals surface area contributed by atoms with Gasteiger partial charge in [0, 0.05) is 6.04 Å². The lowest BCUT2D eigenvalue weighted by atomic mass is 9.82. The first-order chi connectivity index (χ1) is 7.92. The minimum atomic E-state index is -0.530. The lowest BCUT2D eigenvalue weighted by Crippen LogP contribution is -2.27. The van der Waals surface area contributed by atoms with Crippen LogP contribution in [0.5, 0.6) is 0 Å². The van der Waals surface area contributed by atoms with Gasteiger partial charge in [-0.05, 0) is 37.3 Å². The van der Waals surface area contributed by atoms with Crippen LogP contribution in [0.1, 0.15) is 57.2 Å². The highest BCUT2D eigenvalue weighted by atomic mass is 14.7. The molecule has 0 aliphatic rings. The molecule has 0 spiro atoms. The summed E-state index contributed by atoms with van der Waals surface area (Å²) in [5, 5.41) is 9.08. The van der Waals surface area contributed by atoms with E-state index in [-0.39, 0.29) is 6.04 Å². The molecular weight excluding hydrogens is 208 g/mol. The van der Waals surface area contributed by atoms with Crippen molar-refractivity contribution in [3.05, 3.63) is 35.4 Å². The average molecular weight is 230 g/mol. The fourth-order valence-corrected chi connectivity index (χ4v) is 1.75. The van der Waals surface area contributed by atoms with Gasteiger partial charge < -0.3 is 5.73 Å². The van der Waals surface area contributed by atoms with Crippen molar-refractivity contribution < 1.29 is 0 Å². The zero-order valence-electron chi connectivity index (χ0n) is 11.2. The van der Waals surface area contributed by atoms with E-state index >= 15 is 0 Å². The molecule has 0 saturated heterocycles. The van der Waals surface area contributed by atoms with Crippen LogP contribution < -0.4 is 5.73 Å². The van der Waals surface area contributed by atoms with Gasteiger partial charge in [-0.3, -0.25) is 0 Å². The highest BCUT2D eigenvalue weighted by molar-refractivity contribution is 5.29. The largest absolute Gasteiger partial charge is 0.323 e. The minimum Gasteiger partial charge on any atom is -0.323 e. The molecule has 0 heterocycles. The van der Waals surface area contributed by atoms with Crippen LogP contribution in [-0.4, -0.2) is 0 Å². The number of nitriles is 1. The predicted octanol–water partition coefficient (Wildman–Crippen LogP) is 3.75. The van der Waals surface area contributed by atoms with Crippen LogP contribution in [0.3, 0.4) is 0 Å². The van der Waals surface area contributed by atoms with Gasteiger partial charge in [-0.25, -0.2) is 0 Å². The first-order valence-electron chi connectivity index (χ1n) is 6.19. The Morgan fingerprint density at radius 2 is 1.71 bits per heavy atom. The second-order valence-electron chi connectivity index (χ2n) is 5.29. The standard InChI is InChI=1S/C15H22N2/c1-5-11(2)12-6-8-13(9-7-12)14(17)15(3,4)10-16/h6-9,11,14H,5,17H2,1-4H3. The van der Waals surface area contributed by atoms with Crippen molar-refractivity contribution in [3.63, 3.8) is 0 Å². The molecule has 0 saturated carbocycles. The molecule has 0 radical (unpaired) electrons. The molecule has 2 unspecified atom stereocenters. The highest BCUT2D eigenvalue weighted by Crippen LogP contribution is 2.31. The van der Waals surface area contributed by atoms with Crippen LogP contribution >= 0.6 is 0 Å². The Morgan fingerprint density at radius 1 is 1.24 bits per heavy atom. The molecule has 0 amide bonds. The molecule has 2 nitrogen and oxygen atoms in total. The first-order valence-corrected chi connectivity index (χ1v) is 6.19. The zero-order chi connectivity index (χ0) is 13.1. The molecule has 0 aliphatic heterocycles. The average Bonchev–Trinajstić information content (AvgIpc) is 2.37. The van der Waals surface area contributed by atoms with Crippen LogP contribution in [0.25, 0.3) is 0 Å². The molecule has 0 bridgehead atoms. The number of hydrogen-bond donors (Lipinski definition) is 1. The summed E-state index contributed by atoms with van der Waals surface area (Å²) in [6, 6.07) is 10.4. The molecule has 17 heavy (non-hydrogen) atoms. The van der Waals surface area contributed by atoms with Crippen molar-refractivity contribution in [3.8, 4) is 6.07 Å². The molecule has 0 aliphatic carbocycles. The quantitative estimate of drug-likeness (QED) is 0.856. The number of nitrogens with zero attached hydrogens (tertiary/aromatic N) is 1. The Kier molecular flexibility index (Phi) is 4.31. The maximum absolute atomic E-state index is 9.08. The van der Waals surface area contributed by atoms with Gasteiger partial charge in [0.05, 0.1) is 11.5 Å². The van der Waals surface area contributed by atoms with Crippen LogP contribution in [0.2, 0.25) is 0 Å². The van der Waals surface area contributed by atoms with Crippen molar-refractivity contribution in [1.82, 2.24) is 0 Å². The van der Waals surface area contributed by atoms with E-state index in [1.165, 1.54) is 5.56 Å². The van der Waals surface area contributed by atoms with E-state index in [9.17, 15) is 0 Å². The maximum atomic E-state index is 9.08. The summed E-state index contributed by atoms with van der Waals surface area (Å²) in [6.07, 6.45) is 1.13. The number of nitrogens with two attached hydrogens (primary N) is 1. The Morgan fingerprint density at radius 3 is 2.12 bits per heavy atom. The number of hydrogen-bond acceptors (Lipinski definition) is 2. The normalized spacial score (nSPS) is 15.1. The molecular formula is C15H22N2. The van der Waals surface area contributed by atoms with Gasteiger partial charge in [0.15, 0.2) is 0 Å². The fourth-order valence-electron chi connectivity index (χ4n) is 1.75. The fraction of sp³-hybridized carbons (Fsp3) is 0.533. The molecule has 1 rings (SSSR count). The van der Waals surface area contributed by atoms with E-state index in [4.69, 9.17) is 11.0 Å². The van der Waals surface area contributed by atoms with E-state index in [0.717, 1.165) is 12.0 Å². The summed E-state index contributed by atoms with van der Waals surface area (Å²) in [6.45, 7) is 8.15. The van der Waals surface area contributed by atoms with Gasteiger partial charge in [-0.15, -0.1) is 0 Å². The molecule has 2 atom stereocenters. The monoisotopic (exact) mass is 230 g/mol. The Labute approximate surface area is 104 Å². The van der Waals surface area contributed by atoms with Gasteiger partial charge in [0.2, 0.25) is 0 Å². The van der Waals surface area contributed by atoms with Gasteiger partial charge in [0.1, 0.15) is 0 Å². The van der Waals surface area contributed by atoms with Crippen LogP contribution in [0.15, 0.2) is 24.3 Å². The van der Waals surface area contributed by atoms with Crippen molar-refractivity contribution in [2.24, 2.45) is 11.1 Å². The number of benzene rings is 1. The van der Waals surface area contributed by atoms with E-state index < -0.39 is 5.41 Å². The van der Waals surface area contributed by atoms with E-state index in [2.05, 4.69) is 32.0 Å². The van der Waals surface area contributed by atoms with Crippen molar-refractivity contribution >= 4 is 0 Å². The summed E-state index contributed by atoms with van der Waals surface area (Å²) in [5.74, 6) is 0.573. The summed E-state index contributed by atoms with van der Waals surface area (Å²) < 4.78 is 0. The Bertz CT molecular complexity index is 398. The molecule has 2 heteroatoms. The van der Waals surface area contributed by atoms with Gasteiger partial charge in [-0.1, -0.05) is 38.1 Å². The summed E-state index contributed by atoms with van der Waals surface area (Å²) >= 11 is 0. The molecule has 0 aromatic heterocycles. The maximum Gasteiger partial charge on any atom is 0.0710 e. The lowest BCUT2D eigenvalue weighted by molar-refractivity contribution is 0.393. The van der Waals surface area contributed by atoms with Crippen molar-refractivity contribution in [1.29, 1.82) is 5.26 Å². The van der Waals surface area contributed by atoms with Crippen LogP contribution in [0, 0.1) is 16.7 Å². The molecule has 0 fully saturated rings. The zero-order valence-corrected chi connectivity index (χ0v) is 11.2. The topological polar surface area (TPSA) is 49.8 Å². The molecule has 2 N–H and O–H groups in total. The van der Waals surface area contributed by atoms with Gasteiger partial charge >= 0.3 is 0 Å². The smallest absolute Gasteiger partial charge is 0.0710 e. The van der Waals surface area contributed by atoms with Crippen LogP contribution in [0.4, 0.5) is 0 Å². The van der Waals surface area contributed by atoms with Gasteiger partial charge in [-0.2, -0.15) is 5.26 Å². The molecule has 92 valence electrons. The van der Waals surface area contributed by atoms with Crippen molar-refractivity contribution in [2.75, 3.05) is 0 Å². The predicted molar refractivity (Wildman–Crippen MR) is 71.5 cm³/mol. The molecule has 1 aromatic rings. The second kappa shape index (κ2) is 5.33. The Hall–Kier alpha value is -1.33.